The highest BCUT2D eigenvalue weighted by Gasteiger charge is 2.46. The van der Waals surface area contributed by atoms with Crippen LogP contribution >= 0.6 is 0 Å². The van der Waals surface area contributed by atoms with E-state index in [-0.39, 0.29) is 11.3 Å². The first kappa shape index (κ1) is 28.3. The molecular formula is C30H38N2O7. The molecule has 1 amide bonds. The summed E-state index contributed by atoms with van der Waals surface area (Å²) < 4.78 is 23.1. The zero-order valence-corrected chi connectivity index (χ0v) is 23.2. The first-order valence-electron chi connectivity index (χ1n) is 13.6. The van der Waals surface area contributed by atoms with E-state index in [0.717, 1.165) is 19.3 Å². The molecule has 39 heavy (non-hydrogen) atoms. The van der Waals surface area contributed by atoms with E-state index in [9.17, 15) is 14.7 Å². The Bertz CT molecular complexity index is 1220. The van der Waals surface area contributed by atoms with Gasteiger partial charge in [-0.05, 0) is 63.3 Å². The zero-order valence-electron chi connectivity index (χ0n) is 23.2. The molecule has 0 saturated carbocycles. The molecule has 1 fully saturated rings. The summed E-state index contributed by atoms with van der Waals surface area (Å²) in [7, 11) is 3.80. The summed E-state index contributed by atoms with van der Waals surface area (Å²) in [5.41, 5.74) is 1.04. The van der Waals surface area contributed by atoms with Crippen molar-refractivity contribution in [2.45, 2.75) is 39.2 Å². The maximum Gasteiger partial charge on any atom is 0.295 e. The predicted molar refractivity (Wildman–Crippen MR) is 148 cm³/mol. The van der Waals surface area contributed by atoms with Gasteiger partial charge in [0, 0.05) is 18.7 Å². The number of unbranched alkanes of at least 4 members (excludes halogenated alkanes) is 2. The van der Waals surface area contributed by atoms with Gasteiger partial charge < -0.3 is 33.9 Å². The first-order chi connectivity index (χ1) is 18.8. The van der Waals surface area contributed by atoms with Crippen LogP contribution in [0.4, 0.5) is 0 Å². The van der Waals surface area contributed by atoms with E-state index in [1.807, 2.05) is 38.1 Å². The highest BCUT2D eigenvalue weighted by molar-refractivity contribution is 6.46. The van der Waals surface area contributed by atoms with Crippen LogP contribution in [0.25, 0.3) is 5.76 Å². The third-order valence-corrected chi connectivity index (χ3v) is 6.73. The molecule has 0 radical (unpaired) electrons. The third kappa shape index (κ3) is 6.30. The lowest BCUT2D eigenvalue weighted by Crippen LogP contribution is -2.35. The lowest BCUT2D eigenvalue weighted by atomic mass is 9.94. The monoisotopic (exact) mass is 538 g/mol. The van der Waals surface area contributed by atoms with E-state index in [1.165, 1.54) is 4.90 Å². The fraction of sp³-hybridized carbons (Fsp3) is 0.467. The van der Waals surface area contributed by atoms with E-state index >= 15 is 0 Å². The lowest BCUT2D eigenvalue weighted by molar-refractivity contribution is -0.140. The second kappa shape index (κ2) is 12.9. The number of amides is 1. The predicted octanol–water partition coefficient (Wildman–Crippen LogP) is 4.41. The molecule has 2 aromatic rings. The standard InChI is InChI=1S/C30H38N2O7/c1-5-7-8-15-37-22-11-9-20(18-24(22)36-6-2)27-26(29(34)30(35)32(27)14-13-31(3)4)28(33)21-10-12-23-25(19-21)39-17-16-38-23/h9-12,18-19,27,33H,5-8,13-17H2,1-4H3/b28-26+/t27-/m1/s1. The van der Waals surface area contributed by atoms with Gasteiger partial charge in [0.25, 0.3) is 11.7 Å². The Balaban J connectivity index is 1.77. The van der Waals surface area contributed by atoms with Gasteiger partial charge in [-0.1, -0.05) is 25.8 Å². The smallest absolute Gasteiger partial charge is 0.295 e. The Morgan fingerprint density at radius 2 is 1.77 bits per heavy atom. The molecule has 2 heterocycles. The lowest BCUT2D eigenvalue weighted by Gasteiger charge is -2.27. The molecule has 4 rings (SSSR count). The van der Waals surface area contributed by atoms with Gasteiger partial charge >= 0.3 is 0 Å². The minimum absolute atomic E-state index is 0.0227. The zero-order chi connectivity index (χ0) is 27.9. The number of carbonyl (C=O) groups excluding carboxylic acids is 2. The Kier molecular flexibility index (Phi) is 9.35. The minimum Gasteiger partial charge on any atom is -0.507 e. The summed E-state index contributed by atoms with van der Waals surface area (Å²) in [6.07, 6.45) is 3.10. The molecule has 0 aromatic heterocycles. The summed E-state index contributed by atoms with van der Waals surface area (Å²) in [5, 5.41) is 11.4. The number of aliphatic hydroxyl groups is 1. The number of ether oxygens (including phenoxy) is 4. The molecule has 0 bridgehead atoms. The van der Waals surface area contributed by atoms with Gasteiger partial charge in [0.2, 0.25) is 0 Å². The fourth-order valence-electron chi connectivity index (χ4n) is 4.73. The minimum atomic E-state index is -0.800. The molecule has 0 aliphatic carbocycles. The molecule has 1 N–H and O–H groups in total. The van der Waals surface area contributed by atoms with Crippen molar-refractivity contribution in [1.82, 2.24) is 9.80 Å². The van der Waals surface area contributed by atoms with Crippen LogP contribution in [-0.4, -0.2) is 80.2 Å². The molecule has 2 aliphatic rings. The molecular weight excluding hydrogens is 500 g/mol. The number of nitrogens with zero attached hydrogens (tertiary/aromatic N) is 2. The Hall–Kier alpha value is -3.72. The van der Waals surface area contributed by atoms with E-state index in [1.54, 1.807) is 24.3 Å². The highest BCUT2D eigenvalue weighted by atomic mass is 16.6. The van der Waals surface area contributed by atoms with Crippen molar-refractivity contribution < 1.29 is 33.6 Å². The van der Waals surface area contributed by atoms with Crippen molar-refractivity contribution in [1.29, 1.82) is 0 Å². The maximum atomic E-state index is 13.4. The summed E-state index contributed by atoms with van der Waals surface area (Å²) in [6, 6.07) is 9.62. The summed E-state index contributed by atoms with van der Waals surface area (Å²) in [6.45, 7) is 6.70. The van der Waals surface area contributed by atoms with Crippen LogP contribution < -0.4 is 18.9 Å². The fourth-order valence-corrected chi connectivity index (χ4v) is 4.73. The summed E-state index contributed by atoms with van der Waals surface area (Å²) in [5.74, 6) is 0.532. The number of hydrogen-bond donors (Lipinski definition) is 1. The first-order valence-corrected chi connectivity index (χ1v) is 13.6. The maximum absolute atomic E-state index is 13.4. The van der Waals surface area contributed by atoms with Crippen LogP contribution in [0.3, 0.4) is 0 Å². The van der Waals surface area contributed by atoms with Gasteiger partial charge in [-0.25, -0.2) is 0 Å². The SMILES string of the molecule is CCCCCOc1ccc([C@@H]2/C(=C(\O)c3ccc4c(c3)OCCO4)C(=O)C(=O)N2CCN(C)C)cc1OCC. The molecule has 9 nitrogen and oxygen atoms in total. The molecule has 210 valence electrons. The van der Waals surface area contributed by atoms with Gasteiger partial charge in [0.05, 0.1) is 24.8 Å². The Labute approximate surface area is 229 Å². The Morgan fingerprint density at radius 3 is 2.49 bits per heavy atom. The molecule has 2 aliphatic heterocycles. The Morgan fingerprint density at radius 1 is 1.00 bits per heavy atom. The number of likely N-dealkylation sites (N-methyl/N-ethyl adjacent to an activating group) is 1. The molecule has 0 unspecified atom stereocenters. The van der Waals surface area contributed by atoms with E-state index < -0.39 is 17.7 Å². The molecule has 1 saturated heterocycles. The second-order valence-electron chi connectivity index (χ2n) is 9.85. The van der Waals surface area contributed by atoms with Crippen molar-refractivity contribution in [3.05, 3.63) is 53.1 Å². The molecule has 2 aromatic carbocycles. The van der Waals surface area contributed by atoms with Crippen molar-refractivity contribution in [2.24, 2.45) is 0 Å². The van der Waals surface area contributed by atoms with Crippen LogP contribution in [0.1, 0.15) is 50.3 Å². The average Bonchev–Trinajstić information content (AvgIpc) is 3.19. The number of likely N-dealkylation sites (tertiary alicyclic amines) is 1. The van der Waals surface area contributed by atoms with Crippen LogP contribution in [0.2, 0.25) is 0 Å². The summed E-state index contributed by atoms with van der Waals surface area (Å²) in [4.78, 5) is 30.1. The summed E-state index contributed by atoms with van der Waals surface area (Å²) >= 11 is 0. The van der Waals surface area contributed by atoms with Gasteiger partial charge in [-0.2, -0.15) is 0 Å². The van der Waals surface area contributed by atoms with Crippen LogP contribution in [0, 0.1) is 0 Å². The van der Waals surface area contributed by atoms with Crippen molar-refractivity contribution in [3.8, 4) is 23.0 Å². The largest absolute Gasteiger partial charge is 0.507 e. The normalized spacial score (nSPS) is 18.1. The highest BCUT2D eigenvalue weighted by Crippen LogP contribution is 2.43. The van der Waals surface area contributed by atoms with E-state index in [0.29, 0.717) is 73.6 Å². The third-order valence-electron chi connectivity index (χ3n) is 6.73. The molecule has 9 heteroatoms. The molecule has 1 atom stereocenters. The van der Waals surface area contributed by atoms with E-state index in [4.69, 9.17) is 18.9 Å². The number of benzene rings is 2. The number of Topliss-reactive ketones (excluding diaryl/α,β-unsaturated/α-hetero) is 1. The second-order valence-corrected chi connectivity index (χ2v) is 9.85. The number of aliphatic hydroxyl groups excluding tert-OH is 1. The van der Waals surface area contributed by atoms with Gasteiger partial charge in [0.15, 0.2) is 23.0 Å². The number of rotatable bonds is 12. The van der Waals surface area contributed by atoms with Gasteiger partial charge in [0.1, 0.15) is 19.0 Å². The number of hydrogen-bond acceptors (Lipinski definition) is 8. The van der Waals surface area contributed by atoms with Crippen LogP contribution in [0.15, 0.2) is 42.0 Å². The van der Waals surface area contributed by atoms with Crippen LogP contribution in [0.5, 0.6) is 23.0 Å². The van der Waals surface area contributed by atoms with Crippen molar-refractivity contribution >= 4 is 17.4 Å². The molecule has 0 spiro atoms. The van der Waals surface area contributed by atoms with Gasteiger partial charge in [-0.15, -0.1) is 0 Å². The number of carbonyl (C=O) groups is 2. The number of ketones is 1. The van der Waals surface area contributed by atoms with E-state index in [2.05, 4.69) is 6.92 Å². The number of fused-ring (bicyclic) bond motifs is 1. The van der Waals surface area contributed by atoms with Crippen molar-refractivity contribution in [2.75, 3.05) is 53.6 Å². The topological polar surface area (TPSA) is 97.8 Å². The quantitative estimate of drug-likeness (QED) is 0.184. The van der Waals surface area contributed by atoms with Gasteiger partial charge in [-0.3, -0.25) is 9.59 Å². The van der Waals surface area contributed by atoms with Crippen molar-refractivity contribution in [3.63, 3.8) is 0 Å². The van der Waals surface area contributed by atoms with Crippen LogP contribution in [-0.2, 0) is 9.59 Å². The average molecular weight is 539 g/mol.